The lowest BCUT2D eigenvalue weighted by Gasteiger charge is -2.08. The number of rotatable bonds is 7. The Bertz CT molecular complexity index is 554. The fourth-order valence-corrected chi connectivity index (χ4v) is 1.79. The number of ether oxygens (including phenoxy) is 2. The largest absolute Gasteiger partial charge is 0.508 e. The molecule has 1 aromatic carbocycles. The van der Waals surface area contributed by atoms with E-state index in [1.54, 1.807) is 43.3 Å². The second-order valence-corrected chi connectivity index (χ2v) is 4.33. The van der Waals surface area contributed by atoms with Crippen LogP contribution < -0.4 is 10.1 Å². The number of phenolic OH excluding ortho intramolecular Hbond substituents is 1. The minimum atomic E-state index is 0.241. The van der Waals surface area contributed by atoms with Gasteiger partial charge in [0.05, 0.1) is 32.1 Å². The van der Waals surface area contributed by atoms with Crippen LogP contribution in [0.25, 0.3) is 0 Å². The van der Waals surface area contributed by atoms with Crippen LogP contribution in [0.4, 0.5) is 5.69 Å². The summed E-state index contributed by atoms with van der Waals surface area (Å²) in [5, 5.41) is 17.2. The SMILES string of the molecule is COCCn1cc(NCc2cc(OC)ccc2O)cn1. The Morgan fingerprint density at radius 2 is 2.20 bits per heavy atom. The van der Waals surface area contributed by atoms with Crippen molar-refractivity contribution in [3.05, 3.63) is 36.2 Å². The van der Waals surface area contributed by atoms with Crippen molar-refractivity contribution < 1.29 is 14.6 Å². The molecule has 2 rings (SSSR count). The molecule has 6 heteroatoms. The number of aromatic hydroxyl groups is 1. The van der Waals surface area contributed by atoms with E-state index in [0.29, 0.717) is 19.7 Å². The van der Waals surface area contributed by atoms with Crippen molar-refractivity contribution in [1.82, 2.24) is 9.78 Å². The molecule has 0 spiro atoms. The van der Waals surface area contributed by atoms with Gasteiger partial charge in [0.2, 0.25) is 0 Å². The van der Waals surface area contributed by atoms with E-state index in [1.807, 2.05) is 6.20 Å². The number of methoxy groups -OCH3 is 2. The van der Waals surface area contributed by atoms with Crippen LogP contribution in [0.3, 0.4) is 0 Å². The second-order valence-electron chi connectivity index (χ2n) is 4.33. The van der Waals surface area contributed by atoms with Gasteiger partial charge in [-0.15, -0.1) is 0 Å². The molecule has 108 valence electrons. The van der Waals surface area contributed by atoms with Crippen LogP contribution in [0.2, 0.25) is 0 Å². The van der Waals surface area contributed by atoms with Crippen LogP contribution in [0.1, 0.15) is 5.56 Å². The Balaban J connectivity index is 1.96. The molecule has 0 atom stereocenters. The molecular formula is C14H19N3O3. The van der Waals surface area contributed by atoms with E-state index in [1.165, 1.54) is 0 Å². The van der Waals surface area contributed by atoms with Crippen molar-refractivity contribution in [1.29, 1.82) is 0 Å². The maximum absolute atomic E-state index is 9.80. The summed E-state index contributed by atoms with van der Waals surface area (Å²) in [6.45, 7) is 1.83. The third-order valence-electron chi connectivity index (χ3n) is 2.93. The lowest BCUT2D eigenvalue weighted by atomic mass is 10.2. The lowest BCUT2D eigenvalue weighted by Crippen LogP contribution is -2.04. The van der Waals surface area contributed by atoms with Gasteiger partial charge in [0.1, 0.15) is 11.5 Å². The van der Waals surface area contributed by atoms with Crippen molar-refractivity contribution in [2.45, 2.75) is 13.1 Å². The standard InChI is InChI=1S/C14H19N3O3/c1-19-6-5-17-10-12(9-16-17)15-8-11-7-13(20-2)3-4-14(11)18/h3-4,7,9-10,15,18H,5-6,8H2,1-2H3. The molecule has 0 bridgehead atoms. The highest BCUT2D eigenvalue weighted by molar-refractivity contribution is 5.44. The predicted molar refractivity (Wildman–Crippen MR) is 76.1 cm³/mol. The monoisotopic (exact) mass is 277 g/mol. The Labute approximate surface area is 117 Å². The molecule has 1 aromatic heterocycles. The summed E-state index contributed by atoms with van der Waals surface area (Å²) in [4.78, 5) is 0. The Morgan fingerprint density at radius 3 is 2.95 bits per heavy atom. The fourth-order valence-electron chi connectivity index (χ4n) is 1.79. The number of phenols is 1. The zero-order valence-electron chi connectivity index (χ0n) is 11.7. The summed E-state index contributed by atoms with van der Waals surface area (Å²) in [5.74, 6) is 0.959. The smallest absolute Gasteiger partial charge is 0.120 e. The molecule has 2 N–H and O–H groups in total. The highest BCUT2D eigenvalue weighted by Crippen LogP contribution is 2.23. The number of nitrogens with one attached hydrogen (secondary N) is 1. The maximum Gasteiger partial charge on any atom is 0.120 e. The number of hydrogen-bond acceptors (Lipinski definition) is 5. The third-order valence-corrected chi connectivity index (χ3v) is 2.93. The van der Waals surface area contributed by atoms with Crippen LogP contribution in [0, 0.1) is 0 Å². The lowest BCUT2D eigenvalue weighted by molar-refractivity contribution is 0.183. The summed E-state index contributed by atoms with van der Waals surface area (Å²) < 4.78 is 11.9. The minimum absolute atomic E-state index is 0.241. The van der Waals surface area contributed by atoms with Gasteiger partial charge in [-0.2, -0.15) is 5.10 Å². The number of aromatic nitrogens is 2. The first kappa shape index (κ1) is 14.2. The molecule has 0 aliphatic rings. The molecule has 20 heavy (non-hydrogen) atoms. The first-order valence-electron chi connectivity index (χ1n) is 6.34. The molecule has 0 radical (unpaired) electrons. The Morgan fingerprint density at radius 1 is 1.35 bits per heavy atom. The van der Waals surface area contributed by atoms with Gasteiger partial charge in [-0.3, -0.25) is 4.68 Å². The molecule has 0 aliphatic heterocycles. The van der Waals surface area contributed by atoms with Crippen LogP contribution in [0.5, 0.6) is 11.5 Å². The third kappa shape index (κ3) is 3.64. The fraction of sp³-hybridized carbons (Fsp3) is 0.357. The molecule has 0 fully saturated rings. The van der Waals surface area contributed by atoms with E-state index in [-0.39, 0.29) is 5.75 Å². The van der Waals surface area contributed by atoms with Crippen LogP contribution in [-0.2, 0) is 17.8 Å². The first-order valence-corrected chi connectivity index (χ1v) is 6.34. The average molecular weight is 277 g/mol. The maximum atomic E-state index is 9.80. The highest BCUT2D eigenvalue weighted by atomic mass is 16.5. The van der Waals surface area contributed by atoms with Crippen LogP contribution in [-0.4, -0.2) is 35.7 Å². The minimum Gasteiger partial charge on any atom is -0.508 e. The van der Waals surface area contributed by atoms with Crippen molar-refractivity contribution in [3.8, 4) is 11.5 Å². The molecule has 1 heterocycles. The summed E-state index contributed by atoms with van der Waals surface area (Å²) in [7, 11) is 3.26. The summed E-state index contributed by atoms with van der Waals surface area (Å²) in [6.07, 6.45) is 3.64. The molecule has 0 amide bonds. The van der Waals surface area contributed by atoms with E-state index < -0.39 is 0 Å². The van der Waals surface area contributed by atoms with Gasteiger partial charge in [0.25, 0.3) is 0 Å². The average Bonchev–Trinajstić information content (AvgIpc) is 2.92. The highest BCUT2D eigenvalue weighted by Gasteiger charge is 2.04. The normalized spacial score (nSPS) is 10.5. The summed E-state index contributed by atoms with van der Waals surface area (Å²) in [5.41, 5.74) is 1.66. The van der Waals surface area contributed by atoms with E-state index in [2.05, 4.69) is 10.4 Å². The van der Waals surface area contributed by atoms with Gasteiger partial charge in [0.15, 0.2) is 0 Å². The topological polar surface area (TPSA) is 68.5 Å². The Kier molecular flexibility index (Phi) is 4.84. The van der Waals surface area contributed by atoms with Gasteiger partial charge in [0, 0.05) is 25.4 Å². The predicted octanol–water partition coefficient (Wildman–Crippen LogP) is 1.86. The summed E-state index contributed by atoms with van der Waals surface area (Å²) in [6, 6.07) is 5.15. The van der Waals surface area contributed by atoms with Crippen molar-refractivity contribution in [3.63, 3.8) is 0 Å². The van der Waals surface area contributed by atoms with Gasteiger partial charge >= 0.3 is 0 Å². The van der Waals surface area contributed by atoms with Crippen molar-refractivity contribution >= 4 is 5.69 Å². The van der Waals surface area contributed by atoms with E-state index in [0.717, 1.165) is 17.0 Å². The van der Waals surface area contributed by atoms with E-state index in [4.69, 9.17) is 9.47 Å². The molecule has 2 aromatic rings. The van der Waals surface area contributed by atoms with Gasteiger partial charge in [-0.05, 0) is 18.2 Å². The Hall–Kier alpha value is -2.21. The van der Waals surface area contributed by atoms with Crippen LogP contribution >= 0.6 is 0 Å². The first-order chi connectivity index (χ1) is 9.72. The van der Waals surface area contributed by atoms with Crippen molar-refractivity contribution in [2.24, 2.45) is 0 Å². The zero-order valence-corrected chi connectivity index (χ0v) is 11.7. The van der Waals surface area contributed by atoms with Gasteiger partial charge in [-0.25, -0.2) is 0 Å². The van der Waals surface area contributed by atoms with E-state index >= 15 is 0 Å². The molecule has 0 saturated heterocycles. The number of benzene rings is 1. The zero-order chi connectivity index (χ0) is 14.4. The number of nitrogens with zero attached hydrogens (tertiary/aromatic N) is 2. The van der Waals surface area contributed by atoms with E-state index in [9.17, 15) is 5.11 Å². The summed E-state index contributed by atoms with van der Waals surface area (Å²) >= 11 is 0. The molecule has 6 nitrogen and oxygen atoms in total. The molecule has 0 unspecified atom stereocenters. The van der Waals surface area contributed by atoms with Crippen molar-refractivity contribution in [2.75, 3.05) is 26.1 Å². The van der Waals surface area contributed by atoms with Crippen LogP contribution in [0.15, 0.2) is 30.6 Å². The second kappa shape index (κ2) is 6.81. The molecule has 0 saturated carbocycles. The van der Waals surface area contributed by atoms with Gasteiger partial charge in [-0.1, -0.05) is 0 Å². The molecular weight excluding hydrogens is 258 g/mol. The van der Waals surface area contributed by atoms with Gasteiger partial charge < -0.3 is 19.9 Å². The number of hydrogen-bond donors (Lipinski definition) is 2. The number of anilines is 1. The quantitative estimate of drug-likeness (QED) is 0.808. The molecule has 0 aliphatic carbocycles.